The molecule has 1 unspecified atom stereocenters. The Morgan fingerprint density at radius 2 is 1.53 bits per heavy atom. The molecule has 0 aromatic heterocycles. The van der Waals surface area contributed by atoms with E-state index in [-0.39, 0.29) is 11.9 Å². The van der Waals surface area contributed by atoms with Gasteiger partial charge in [0.25, 0.3) is 0 Å². The predicted octanol–water partition coefficient (Wildman–Crippen LogP) is 5.96. The first-order chi connectivity index (χ1) is 8.97. The lowest BCUT2D eigenvalue weighted by Crippen LogP contribution is -2.07. The van der Waals surface area contributed by atoms with Crippen molar-refractivity contribution in [3.63, 3.8) is 0 Å². The molecule has 0 aliphatic rings. The van der Waals surface area contributed by atoms with E-state index >= 15 is 0 Å². The van der Waals surface area contributed by atoms with E-state index in [0.717, 1.165) is 5.56 Å². The highest BCUT2D eigenvalue weighted by Crippen LogP contribution is 2.35. The van der Waals surface area contributed by atoms with Crippen molar-refractivity contribution in [1.29, 1.82) is 0 Å². The summed E-state index contributed by atoms with van der Waals surface area (Å²) in [7, 11) is 0. The van der Waals surface area contributed by atoms with Gasteiger partial charge in [0.05, 0.1) is 15.7 Å². The van der Waals surface area contributed by atoms with Crippen LogP contribution in [0.1, 0.15) is 18.5 Å². The van der Waals surface area contributed by atoms with Crippen LogP contribution in [0.5, 0.6) is 0 Å². The molecule has 100 valence electrons. The zero-order chi connectivity index (χ0) is 14.0. The van der Waals surface area contributed by atoms with E-state index in [0.29, 0.717) is 20.8 Å². The fraction of sp³-hybridized carbons (Fsp3) is 0.143. The average Bonchev–Trinajstić information content (AvgIpc) is 2.34. The highest BCUT2D eigenvalue weighted by molar-refractivity contribution is 6.41. The van der Waals surface area contributed by atoms with E-state index in [9.17, 15) is 4.39 Å². The fourth-order valence-electron chi connectivity index (χ4n) is 1.73. The van der Waals surface area contributed by atoms with Gasteiger partial charge in [0.15, 0.2) is 0 Å². The topological polar surface area (TPSA) is 12.0 Å². The van der Waals surface area contributed by atoms with Gasteiger partial charge in [-0.1, -0.05) is 46.9 Å². The predicted molar refractivity (Wildman–Crippen MR) is 79.9 cm³/mol. The Morgan fingerprint density at radius 3 is 2.05 bits per heavy atom. The Morgan fingerprint density at radius 1 is 1.00 bits per heavy atom. The SMILES string of the molecule is CC(Nc1c(Cl)cc(Cl)cc1Cl)c1ccc(F)cc1. The van der Waals surface area contributed by atoms with Crippen LogP contribution >= 0.6 is 34.8 Å². The third-order valence-corrected chi connectivity index (χ3v) is 3.55. The summed E-state index contributed by atoms with van der Waals surface area (Å²) in [5.74, 6) is -0.265. The van der Waals surface area contributed by atoms with E-state index in [4.69, 9.17) is 34.8 Å². The number of benzene rings is 2. The molecule has 5 heteroatoms. The van der Waals surface area contributed by atoms with Gasteiger partial charge in [-0.05, 0) is 36.8 Å². The van der Waals surface area contributed by atoms with Gasteiger partial charge in [0.1, 0.15) is 5.82 Å². The molecule has 1 nitrogen and oxygen atoms in total. The second-order valence-electron chi connectivity index (χ2n) is 4.16. The van der Waals surface area contributed by atoms with Crippen molar-refractivity contribution in [2.75, 3.05) is 5.32 Å². The van der Waals surface area contributed by atoms with Gasteiger partial charge in [-0.15, -0.1) is 0 Å². The van der Waals surface area contributed by atoms with Crippen LogP contribution in [-0.4, -0.2) is 0 Å². The minimum absolute atomic E-state index is 0.0585. The Hall–Kier alpha value is -0.960. The average molecular weight is 319 g/mol. The Labute approximate surface area is 126 Å². The highest BCUT2D eigenvalue weighted by atomic mass is 35.5. The number of hydrogen-bond donors (Lipinski definition) is 1. The van der Waals surface area contributed by atoms with Crippen LogP contribution < -0.4 is 5.32 Å². The molecule has 0 fully saturated rings. The lowest BCUT2D eigenvalue weighted by Gasteiger charge is -2.18. The summed E-state index contributed by atoms with van der Waals surface area (Å²) in [5, 5.41) is 4.58. The molecule has 2 rings (SSSR count). The molecule has 0 spiro atoms. The molecule has 0 bridgehead atoms. The minimum Gasteiger partial charge on any atom is -0.376 e. The van der Waals surface area contributed by atoms with Gasteiger partial charge in [-0.3, -0.25) is 0 Å². The summed E-state index contributed by atoms with van der Waals surface area (Å²) in [6, 6.07) is 9.44. The second-order valence-corrected chi connectivity index (χ2v) is 5.41. The van der Waals surface area contributed by atoms with Crippen LogP contribution in [0.2, 0.25) is 15.1 Å². The van der Waals surface area contributed by atoms with Gasteiger partial charge in [-0.2, -0.15) is 0 Å². The van der Waals surface area contributed by atoms with Crippen molar-refractivity contribution < 1.29 is 4.39 Å². The molecule has 0 saturated heterocycles. The number of nitrogens with one attached hydrogen (secondary N) is 1. The van der Waals surface area contributed by atoms with Gasteiger partial charge in [-0.25, -0.2) is 4.39 Å². The van der Waals surface area contributed by atoms with Crippen molar-refractivity contribution in [3.05, 3.63) is 62.8 Å². The molecular formula is C14H11Cl3FN. The van der Waals surface area contributed by atoms with Crippen LogP contribution in [0.3, 0.4) is 0 Å². The lowest BCUT2D eigenvalue weighted by molar-refractivity contribution is 0.626. The van der Waals surface area contributed by atoms with E-state index in [1.54, 1.807) is 24.3 Å². The summed E-state index contributed by atoms with van der Waals surface area (Å²) in [6.07, 6.45) is 0. The number of rotatable bonds is 3. The third-order valence-electron chi connectivity index (χ3n) is 2.74. The minimum atomic E-state index is -0.265. The Kier molecular flexibility index (Phi) is 4.56. The first-order valence-electron chi connectivity index (χ1n) is 5.64. The van der Waals surface area contributed by atoms with E-state index in [1.807, 2.05) is 6.92 Å². The van der Waals surface area contributed by atoms with E-state index in [2.05, 4.69) is 5.32 Å². The number of anilines is 1. The molecule has 19 heavy (non-hydrogen) atoms. The number of hydrogen-bond acceptors (Lipinski definition) is 1. The summed E-state index contributed by atoms with van der Waals surface area (Å²) >= 11 is 18.1. The summed E-state index contributed by atoms with van der Waals surface area (Å²) in [6.45, 7) is 1.94. The zero-order valence-corrected chi connectivity index (χ0v) is 12.3. The Bertz CT molecular complexity index is 561. The molecular weight excluding hydrogens is 308 g/mol. The van der Waals surface area contributed by atoms with Gasteiger partial charge in [0, 0.05) is 11.1 Å². The first-order valence-corrected chi connectivity index (χ1v) is 6.77. The second kappa shape index (κ2) is 6.00. The standard InChI is InChI=1S/C14H11Cl3FN/c1-8(9-2-4-11(18)5-3-9)19-14-12(16)6-10(15)7-13(14)17/h2-8,19H,1H3. The van der Waals surface area contributed by atoms with Crippen LogP contribution in [0.25, 0.3) is 0 Å². The van der Waals surface area contributed by atoms with Gasteiger partial charge >= 0.3 is 0 Å². The van der Waals surface area contributed by atoms with E-state index < -0.39 is 0 Å². The quantitative estimate of drug-likeness (QED) is 0.736. The maximum Gasteiger partial charge on any atom is 0.123 e. The highest BCUT2D eigenvalue weighted by Gasteiger charge is 2.12. The third kappa shape index (κ3) is 3.53. The molecule has 2 aromatic carbocycles. The molecule has 2 aromatic rings. The largest absolute Gasteiger partial charge is 0.376 e. The zero-order valence-electron chi connectivity index (χ0n) is 10.1. The van der Waals surface area contributed by atoms with Crippen LogP contribution in [0.15, 0.2) is 36.4 Å². The number of halogens is 4. The van der Waals surface area contributed by atoms with Crippen LogP contribution in [-0.2, 0) is 0 Å². The maximum absolute atomic E-state index is 12.9. The smallest absolute Gasteiger partial charge is 0.123 e. The van der Waals surface area contributed by atoms with Crippen molar-refractivity contribution in [2.24, 2.45) is 0 Å². The van der Waals surface area contributed by atoms with Gasteiger partial charge < -0.3 is 5.32 Å². The van der Waals surface area contributed by atoms with Crippen LogP contribution in [0, 0.1) is 5.82 Å². The molecule has 0 saturated carbocycles. The summed E-state index contributed by atoms with van der Waals surface area (Å²) in [5.41, 5.74) is 1.55. The van der Waals surface area contributed by atoms with Crippen LogP contribution in [0.4, 0.5) is 10.1 Å². The molecule has 0 aliphatic carbocycles. The molecule has 0 aliphatic heterocycles. The molecule has 0 heterocycles. The normalized spacial score (nSPS) is 12.3. The fourth-order valence-corrected chi connectivity index (χ4v) is 2.66. The summed E-state index contributed by atoms with van der Waals surface area (Å²) in [4.78, 5) is 0. The van der Waals surface area contributed by atoms with Gasteiger partial charge in [0.2, 0.25) is 0 Å². The molecule has 0 radical (unpaired) electrons. The lowest BCUT2D eigenvalue weighted by atomic mass is 10.1. The monoisotopic (exact) mass is 317 g/mol. The maximum atomic E-state index is 12.9. The molecule has 0 amide bonds. The van der Waals surface area contributed by atoms with Crippen molar-refractivity contribution in [1.82, 2.24) is 0 Å². The van der Waals surface area contributed by atoms with Crippen molar-refractivity contribution >= 4 is 40.5 Å². The molecule has 1 N–H and O–H groups in total. The molecule has 1 atom stereocenters. The van der Waals surface area contributed by atoms with Crippen molar-refractivity contribution in [3.8, 4) is 0 Å². The first kappa shape index (κ1) is 14.4. The Balaban J connectivity index is 2.24. The van der Waals surface area contributed by atoms with E-state index in [1.165, 1.54) is 12.1 Å². The summed E-state index contributed by atoms with van der Waals surface area (Å²) < 4.78 is 12.9. The van der Waals surface area contributed by atoms with Crippen molar-refractivity contribution in [2.45, 2.75) is 13.0 Å².